The molecule has 0 saturated carbocycles. The van der Waals surface area contributed by atoms with Gasteiger partial charge in [0.25, 0.3) is 0 Å². The van der Waals surface area contributed by atoms with Gasteiger partial charge in [0, 0.05) is 0 Å². The Labute approximate surface area is 85.8 Å². The van der Waals surface area contributed by atoms with Crippen LogP contribution in [-0.4, -0.2) is 13.7 Å². The Morgan fingerprint density at radius 3 is 1.93 bits per heavy atom. The quantitative estimate of drug-likeness (QED) is 0.736. The molecule has 0 aliphatic heterocycles. The lowest BCUT2D eigenvalue weighted by atomic mass is 9.99. The van der Waals surface area contributed by atoms with E-state index in [9.17, 15) is 0 Å². The molecule has 0 fully saturated rings. The molecular weight excluding hydrogens is 176 g/mol. The van der Waals surface area contributed by atoms with Crippen LogP contribution in [0.15, 0.2) is 24.3 Å². The zero-order chi connectivity index (χ0) is 10.6. The minimum absolute atomic E-state index is 0.194. The first kappa shape index (κ1) is 10.9. The fourth-order valence-electron chi connectivity index (χ4n) is 0.972. The van der Waals surface area contributed by atoms with Gasteiger partial charge in [-0.1, -0.05) is 20.8 Å². The molecule has 0 N–H and O–H groups in total. The number of methoxy groups -OCH3 is 1. The zero-order valence-electron chi connectivity index (χ0n) is 9.33. The highest BCUT2D eigenvalue weighted by atomic mass is 16.5. The molecule has 0 unspecified atom stereocenters. The molecule has 1 aromatic rings. The van der Waals surface area contributed by atoms with E-state index in [0.717, 1.165) is 18.1 Å². The van der Waals surface area contributed by atoms with Crippen LogP contribution in [0.25, 0.3) is 0 Å². The van der Waals surface area contributed by atoms with Crippen LogP contribution in [0.4, 0.5) is 0 Å². The smallest absolute Gasteiger partial charge is 0.119 e. The summed E-state index contributed by atoms with van der Waals surface area (Å²) in [5.74, 6) is 1.74. The van der Waals surface area contributed by atoms with Crippen LogP contribution in [-0.2, 0) is 0 Å². The Balaban J connectivity index is 2.52. The molecular formula is C12H18O2. The molecule has 0 aliphatic rings. The predicted octanol–water partition coefficient (Wildman–Crippen LogP) is 3.12. The van der Waals surface area contributed by atoms with Crippen molar-refractivity contribution in [2.24, 2.45) is 5.41 Å². The summed E-state index contributed by atoms with van der Waals surface area (Å²) in [7, 11) is 1.66. The van der Waals surface area contributed by atoms with Crippen LogP contribution < -0.4 is 9.47 Å². The lowest BCUT2D eigenvalue weighted by Gasteiger charge is -2.18. The van der Waals surface area contributed by atoms with E-state index in [4.69, 9.17) is 9.47 Å². The van der Waals surface area contributed by atoms with Gasteiger partial charge >= 0.3 is 0 Å². The summed E-state index contributed by atoms with van der Waals surface area (Å²) in [5, 5.41) is 0. The molecule has 2 nitrogen and oxygen atoms in total. The lowest BCUT2D eigenvalue weighted by molar-refractivity contribution is 0.198. The standard InChI is InChI=1S/C12H18O2/c1-12(2,3)9-14-11-7-5-10(13-4)6-8-11/h5-8H,9H2,1-4H3. The van der Waals surface area contributed by atoms with Crippen molar-refractivity contribution < 1.29 is 9.47 Å². The third-order valence-electron chi connectivity index (χ3n) is 1.73. The largest absolute Gasteiger partial charge is 0.497 e. The second-order valence-electron chi connectivity index (χ2n) is 4.52. The van der Waals surface area contributed by atoms with Crippen molar-refractivity contribution in [1.82, 2.24) is 0 Å². The van der Waals surface area contributed by atoms with Gasteiger partial charge in [0.15, 0.2) is 0 Å². The molecule has 2 heteroatoms. The molecule has 1 aromatic carbocycles. The third kappa shape index (κ3) is 3.69. The van der Waals surface area contributed by atoms with Gasteiger partial charge in [0.1, 0.15) is 11.5 Å². The maximum atomic E-state index is 5.61. The second kappa shape index (κ2) is 4.36. The summed E-state index contributed by atoms with van der Waals surface area (Å²) in [6.45, 7) is 7.17. The highest BCUT2D eigenvalue weighted by molar-refractivity contribution is 5.31. The molecule has 0 atom stereocenters. The minimum atomic E-state index is 0.194. The van der Waals surface area contributed by atoms with Gasteiger partial charge in [-0.25, -0.2) is 0 Å². The van der Waals surface area contributed by atoms with E-state index in [-0.39, 0.29) is 5.41 Å². The lowest BCUT2D eigenvalue weighted by Crippen LogP contribution is -2.16. The van der Waals surface area contributed by atoms with Crippen molar-refractivity contribution in [3.05, 3.63) is 24.3 Å². The van der Waals surface area contributed by atoms with Gasteiger partial charge in [0.05, 0.1) is 13.7 Å². The van der Waals surface area contributed by atoms with E-state index >= 15 is 0 Å². The van der Waals surface area contributed by atoms with Crippen LogP contribution in [0.5, 0.6) is 11.5 Å². The fraction of sp³-hybridized carbons (Fsp3) is 0.500. The first-order valence-electron chi connectivity index (χ1n) is 4.78. The first-order valence-corrected chi connectivity index (χ1v) is 4.78. The summed E-state index contributed by atoms with van der Waals surface area (Å²) in [6, 6.07) is 7.64. The Morgan fingerprint density at radius 1 is 1.00 bits per heavy atom. The molecule has 0 radical (unpaired) electrons. The van der Waals surface area contributed by atoms with Crippen LogP contribution in [0.3, 0.4) is 0 Å². The molecule has 0 saturated heterocycles. The topological polar surface area (TPSA) is 18.5 Å². The first-order chi connectivity index (χ1) is 6.51. The van der Waals surface area contributed by atoms with E-state index < -0.39 is 0 Å². The maximum absolute atomic E-state index is 5.61. The third-order valence-corrected chi connectivity index (χ3v) is 1.73. The molecule has 0 spiro atoms. The number of hydrogen-bond acceptors (Lipinski definition) is 2. The van der Waals surface area contributed by atoms with Crippen molar-refractivity contribution in [2.45, 2.75) is 20.8 Å². The number of benzene rings is 1. The van der Waals surface area contributed by atoms with Crippen molar-refractivity contribution in [3.8, 4) is 11.5 Å². The molecule has 0 heterocycles. The molecule has 0 aromatic heterocycles. The van der Waals surface area contributed by atoms with Crippen LogP contribution in [0, 0.1) is 5.41 Å². The molecule has 1 rings (SSSR count). The predicted molar refractivity (Wildman–Crippen MR) is 57.9 cm³/mol. The number of hydrogen-bond donors (Lipinski definition) is 0. The molecule has 14 heavy (non-hydrogen) atoms. The van der Waals surface area contributed by atoms with Crippen molar-refractivity contribution in [3.63, 3.8) is 0 Å². The Bertz CT molecular complexity index is 269. The van der Waals surface area contributed by atoms with E-state index in [0.29, 0.717) is 0 Å². The highest BCUT2D eigenvalue weighted by Crippen LogP contribution is 2.20. The van der Waals surface area contributed by atoms with Crippen molar-refractivity contribution in [2.75, 3.05) is 13.7 Å². The maximum Gasteiger partial charge on any atom is 0.119 e. The number of ether oxygens (including phenoxy) is 2. The SMILES string of the molecule is COc1ccc(OCC(C)(C)C)cc1. The van der Waals surface area contributed by atoms with Crippen LogP contribution >= 0.6 is 0 Å². The zero-order valence-corrected chi connectivity index (χ0v) is 9.33. The molecule has 78 valence electrons. The molecule has 0 amide bonds. The molecule has 0 aliphatic carbocycles. The van der Waals surface area contributed by atoms with E-state index in [1.54, 1.807) is 7.11 Å². The highest BCUT2D eigenvalue weighted by Gasteiger charge is 2.10. The van der Waals surface area contributed by atoms with Crippen molar-refractivity contribution >= 4 is 0 Å². The Hall–Kier alpha value is -1.18. The van der Waals surface area contributed by atoms with Crippen LogP contribution in [0.2, 0.25) is 0 Å². The van der Waals surface area contributed by atoms with Gasteiger partial charge < -0.3 is 9.47 Å². The summed E-state index contributed by atoms with van der Waals surface area (Å²) >= 11 is 0. The van der Waals surface area contributed by atoms with Gasteiger partial charge in [-0.3, -0.25) is 0 Å². The Morgan fingerprint density at radius 2 is 1.50 bits per heavy atom. The van der Waals surface area contributed by atoms with E-state index in [2.05, 4.69) is 20.8 Å². The summed E-state index contributed by atoms with van der Waals surface area (Å²) in [5.41, 5.74) is 0.194. The summed E-state index contributed by atoms with van der Waals surface area (Å²) in [6.07, 6.45) is 0. The van der Waals surface area contributed by atoms with Crippen LogP contribution in [0.1, 0.15) is 20.8 Å². The summed E-state index contributed by atoms with van der Waals surface area (Å²) < 4.78 is 10.7. The minimum Gasteiger partial charge on any atom is -0.497 e. The monoisotopic (exact) mass is 194 g/mol. The van der Waals surface area contributed by atoms with Gasteiger partial charge in [-0.2, -0.15) is 0 Å². The van der Waals surface area contributed by atoms with Gasteiger partial charge in [0.2, 0.25) is 0 Å². The second-order valence-corrected chi connectivity index (χ2v) is 4.52. The van der Waals surface area contributed by atoms with E-state index in [1.165, 1.54) is 0 Å². The van der Waals surface area contributed by atoms with Crippen molar-refractivity contribution in [1.29, 1.82) is 0 Å². The van der Waals surface area contributed by atoms with Gasteiger partial charge in [-0.15, -0.1) is 0 Å². The average molecular weight is 194 g/mol. The summed E-state index contributed by atoms with van der Waals surface area (Å²) in [4.78, 5) is 0. The van der Waals surface area contributed by atoms with E-state index in [1.807, 2.05) is 24.3 Å². The fourth-order valence-corrected chi connectivity index (χ4v) is 0.972. The molecule has 0 bridgehead atoms. The van der Waals surface area contributed by atoms with Gasteiger partial charge in [-0.05, 0) is 29.7 Å². The Kier molecular flexibility index (Phi) is 3.39. The normalized spacial score (nSPS) is 11.1. The number of rotatable bonds is 3. The average Bonchev–Trinajstić information content (AvgIpc) is 2.14.